The quantitative estimate of drug-likeness (QED) is 0.726. The molecule has 1 aliphatic rings. The molecule has 0 aliphatic carbocycles. The maximum absolute atomic E-state index is 4.64. The summed E-state index contributed by atoms with van der Waals surface area (Å²) in [6.45, 7) is 4.42. The largest absolute Gasteiger partial charge is 0.306 e. The molecule has 0 amide bonds. The Morgan fingerprint density at radius 1 is 1.13 bits per heavy atom. The highest BCUT2D eigenvalue weighted by Gasteiger charge is 2.20. The Kier molecular flexibility index (Phi) is 3.62. The Morgan fingerprint density at radius 2 is 1.96 bits per heavy atom. The van der Waals surface area contributed by atoms with E-state index in [9.17, 15) is 0 Å². The molecule has 3 heterocycles. The van der Waals surface area contributed by atoms with E-state index >= 15 is 0 Å². The number of aromatic nitrogens is 3. The first kappa shape index (κ1) is 14.4. The van der Waals surface area contributed by atoms with Gasteiger partial charge in [0.05, 0.1) is 6.20 Å². The van der Waals surface area contributed by atoms with E-state index in [1.54, 1.807) is 0 Å². The smallest absolute Gasteiger partial charge is 0.161 e. The molecule has 1 saturated heterocycles. The molecule has 1 atom stereocenters. The zero-order chi connectivity index (χ0) is 15.8. The fourth-order valence-corrected chi connectivity index (χ4v) is 3.60. The van der Waals surface area contributed by atoms with Crippen LogP contribution in [0.5, 0.6) is 0 Å². The van der Waals surface area contributed by atoms with Crippen molar-refractivity contribution in [3.05, 3.63) is 54.0 Å². The Labute approximate surface area is 136 Å². The highest BCUT2D eigenvalue weighted by atomic mass is 15.3. The highest BCUT2D eigenvalue weighted by molar-refractivity contribution is 5.90. The fourth-order valence-electron chi connectivity index (χ4n) is 3.60. The number of pyridine rings is 1. The number of likely N-dealkylation sites (N-methyl/N-ethyl adjacent to an activating group) is 1. The van der Waals surface area contributed by atoms with Gasteiger partial charge in [0.2, 0.25) is 0 Å². The second-order valence-corrected chi connectivity index (χ2v) is 6.63. The summed E-state index contributed by atoms with van der Waals surface area (Å²) in [4.78, 5) is 7.05. The van der Waals surface area contributed by atoms with Crippen molar-refractivity contribution in [2.24, 2.45) is 0 Å². The van der Waals surface area contributed by atoms with Crippen LogP contribution in [-0.2, 0) is 0 Å². The molecule has 118 valence electrons. The summed E-state index contributed by atoms with van der Waals surface area (Å²) in [6, 6.07) is 8.41. The summed E-state index contributed by atoms with van der Waals surface area (Å²) < 4.78 is 1.94. The van der Waals surface area contributed by atoms with Gasteiger partial charge in [-0.2, -0.15) is 5.10 Å². The van der Waals surface area contributed by atoms with Crippen molar-refractivity contribution in [1.29, 1.82) is 0 Å². The minimum absolute atomic E-state index is 0.583. The van der Waals surface area contributed by atoms with Crippen molar-refractivity contribution in [3.8, 4) is 5.82 Å². The second kappa shape index (κ2) is 5.78. The van der Waals surface area contributed by atoms with Crippen LogP contribution in [0.2, 0.25) is 0 Å². The molecule has 2 aromatic heterocycles. The molecule has 1 aromatic carbocycles. The first-order valence-corrected chi connectivity index (χ1v) is 8.30. The van der Waals surface area contributed by atoms with E-state index in [-0.39, 0.29) is 0 Å². The van der Waals surface area contributed by atoms with Gasteiger partial charge < -0.3 is 4.90 Å². The summed E-state index contributed by atoms with van der Waals surface area (Å²) in [5.41, 5.74) is 2.52. The lowest BCUT2D eigenvalue weighted by atomic mass is 9.93. The standard InChI is InChI=1S/C19H22N4/c1-14-10-20-19(18-8-4-3-7-17(14)18)23-13-16(11-21-23)15-6-5-9-22(2)12-15/h3-4,7-8,10-11,13,15H,5-6,9,12H2,1-2H3. The van der Waals surface area contributed by atoms with Gasteiger partial charge in [0.1, 0.15) is 0 Å². The average Bonchev–Trinajstić information content (AvgIpc) is 3.05. The second-order valence-electron chi connectivity index (χ2n) is 6.63. The van der Waals surface area contributed by atoms with Crippen molar-refractivity contribution >= 4 is 10.8 Å². The summed E-state index contributed by atoms with van der Waals surface area (Å²) >= 11 is 0. The first-order valence-electron chi connectivity index (χ1n) is 8.30. The minimum Gasteiger partial charge on any atom is -0.306 e. The highest BCUT2D eigenvalue weighted by Crippen LogP contribution is 2.28. The maximum atomic E-state index is 4.64. The lowest BCUT2D eigenvalue weighted by Crippen LogP contribution is -2.30. The Hall–Kier alpha value is -2.20. The van der Waals surface area contributed by atoms with E-state index in [1.165, 1.54) is 35.9 Å². The predicted molar refractivity (Wildman–Crippen MR) is 93.1 cm³/mol. The summed E-state index contributed by atoms with van der Waals surface area (Å²) in [7, 11) is 2.20. The van der Waals surface area contributed by atoms with Crippen molar-refractivity contribution < 1.29 is 0 Å². The molecular weight excluding hydrogens is 284 g/mol. The van der Waals surface area contributed by atoms with Crippen molar-refractivity contribution in [1.82, 2.24) is 19.7 Å². The van der Waals surface area contributed by atoms with Crippen LogP contribution in [0.15, 0.2) is 42.9 Å². The molecule has 4 rings (SSSR count). The van der Waals surface area contributed by atoms with E-state index < -0.39 is 0 Å². The van der Waals surface area contributed by atoms with Crippen molar-refractivity contribution in [3.63, 3.8) is 0 Å². The number of aryl methyl sites for hydroxylation is 1. The monoisotopic (exact) mass is 306 g/mol. The number of hydrogen-bond donors (Lipinski definition) is 0. The summed E-state index contributed by atoms with van der Waals surface area (Å²) in [5, 5.41) is 7.00. The molecule has 1 unspecified atom stereocenters. The van der Waals surface area contributed by atoms with Gasteiger partial charge in [-0.1, -0.05) is 24.3 Å². The molecule has 3 aromatic rings. The van der Waals surface area contributed by atoms with E-state index in [0.29, 0.717) is 5.92 Å². The average molecular weight is 306 g/mol. The predicted octanol–water partition coefficient (Wildman–Crippen LogP) is 3.54. The van der Waals surface area contributed by atoms with Gasteiger partial charge in [0.25, 0.3) is 0 Å². The summed E-state index contributed by atoms with van der Waals surface area (Å²) in [5.74, 6) is 1.50. The van der Waals surface area contributed by atoms with Crippen molar-refractivity contribution in [2.45, 2.75) is 25.7 Å². The molecule has 0 bridgehead atoms. The Bertz CT molecular complexity index is 836. The Morgan fingerprint density at radius 3 is 2.78 bits per heavy atom. The fraction of sp³-hybridized carbons (Fsp3) is 0.368. The zero-order valence-electron chi connectivity index (χ0n) is 13.7. The zero-order valence-corrected chi connectivity index (χ0v) is 13.7. The normalized spacial score (nSPS) is 19.3. The molecule has 4 nitrogen and oxygen atoms in total. The third-order valence-electron chi connectivity index (χ3n) is 4.89. The first-order chi connectivity index (χ1) is 11.2. The molecule has 0 radical (unpaired) electrons. The lowest BCUT2D eigenvalue weighted by molar-refractivity contribution is 0.251. The molecular formula is C19H22N4. The number of rotatable bonds is 2. The van der Waals surface area contributed by atoms with Crippen LogP contribution in [0, 0.1) is 6.92 Å². The van der Waals surface area contributed by atoms with Gasteiger partial charge in [-0.05, 0) is 55.8 Å². The van der Waals surface area contributed by atoms with Gasteiger partial charge >= 0.3 is 0 Å². The van der Waals surface area contributed by atoms with E-state index in [2.05, 4.69) is 59.4 Å². The molecule has 0 N–H and O–H groups in total. The number of likely N-dealkylation sites (tertiary alicyclic amines) is 1. The van der Waals surface area contributed by atoms with Crippen LogP contribution in [0.1, 0.15) is 29.9 Å². The van der Waals surface area contributed by atoms with Crippen LogP contribution in [0.3, 0.4) is 0 Å². The SMILES string of the molecule is Cc1cnc(-n2cc(C3CCCN(C)C3)cn2)c2ccccc12. The van der Waals surface area contributed by atoms with Crippen LogP contribution < -0.4 is 0 Å². The molecule has 0 saturated carbocycles. The summed E-state index contributed by atoms with van der Waals surface area (Å²) in [6.07, 6.45) is 8.62. The van der Waals surface area contributed by atoms with Crippen LogP contribution in [0.25, 0.3) is 16.6 Å². The van der Waals surface area contributed by atoms with Gasteiger partial charge in [0, 0.05) is 24.3 Å². The molecule has 1 aliphatic heterocycles. The van der Waals surface area contributed by atoms with E-state index in [4.69, 9.17) is 0 Å². The molecule has 23 heavy (non-hydrogen) atoms. The molecule has 0 spiro atoms. The van der Waals surface area contributed by atoms with Crippen molar-refractivity contribution in [2.75, 3.05) is 20.1 Å². The molecule has 4 heteroatoms. The van der Waals surface area contributed by atoms with Gasteiger partial charge in [-0.3, -0.25) is 0 Å². The number of nitrogens with zero attached hydrogens (tertiary/aromatic N) is 4. The third-order valence-corrected chi connectivity index (χ3v) is 4.89. The number of hydrogen-bond acceptors (Lipinski definition) is 3. The Balaban J connectivity index is 1.73. The van der Waals surface area contributed by atoms with Crippen LogP contribution in [0.4, 0.5) is 0 Å². The van der Waals surface area contributed by atoms with Crippen LogP contribution in [-0.4, -0.2) is 39.8 Å². The maximum Gasteiger partial charge on any atom is 0.161 e. The number of fused-ring (bicyclic) bond motifs is 1. The topological polar surface area (TPSA) is 34.0 Å². The minimum atomic E-state index is 0.583. The number of piperidine rings is 1. The van der Waals surface area contributed by atoms with Gasteiger partial charge in [-0.25, -0.2) is 9.67 Å². The van der Waals surface area contributed by atoms with E-state index in [1.807, 2.05) is 17.1 Å². The van der Waals surface area contributed by atoms with Crippen LogP contribution >= 0.6 is 0 Å². The van der Waals surface area contributed by atoms with E-state index in [0.717, 1.165) is 17.7 Å². The molecule has 1 fully saturated rings. The van der Waals surface area contributed by atoms with Gasteiger partial charge in [-0.15, -0.1) is 0 Å². The number of benzene rings is 1. The van der Waals surface area contributed by atoms with Gasteiger partial charge in [0.15, 0.2) is 5.82 Å². The lowest BCUT2D eigenvalue weighted by Gasteiger charge is -2.28. The third kappa shape index (κ3) is 2.63.